The second-order valence-corrected chi connectivity index (χ2v) is 5.78. The van der Waals surface area contributed by atoms with E-state index in [0.29, 0.717) is 32.1 Å². The van der Waals surface area contributed by atoms with Gasteiger partial charge in [-0.3, -0.25) is 0 Å². The lowest BCUT2D eigenvalue weighted by Gasteiger charge is -2.29. The Kier molecular flexibility index (Phi) is 4.87. The normalized spacial score (nSPS) is 15.3. The van der Waals surface area contributed by atoms with Gasteiger partial charge in [-0.2, -0.15) is 13.2 Å². The van der Waals surface area contributed by atoms with E-state index in [1.807, 2.05) is 4.90 Å². The van der Waals surface area contributed by atoms with Crippen LogP contribution in [-0.4, -0.2) is 36.3 Å². The molecule has 2 aromatic rings. The van der Waals surface area contributed by atoms with Crippen LogP contribution >= 0.6 is 11.6 Å². The second kappa shape index (κ2) is 6.93. The fourth-order valence-corrected chi connectivity index (χ4v) is 2.60. The number of aromatic nitrogens is 2. The van der Waals surface area contributed by atoms with E-state index in [-0.39, 0.29) is 22.2 Å². The highest BCUT2D eigenvalue weighted by Crippen LogP contribution is 2.36. The summed E-state index contributed by atoms with van der Waals surface area (Å²) >= 11 is 6.00. The van der Waals surface area contributed by atoms with E-state index in [1.54, 1.807) is 0 Å². The highest BCUT2D eigenvalue weighted by molar-refractivity contribution is 6.33. The molecule has 1 saturated heterocycles. The third-order valence-corrected chi connectivity index (χ3v) is 4.05. The zero-order valence-electron chi connectivity index (χ0n) is 13.0. The van der Waals surface area contributed by atoms with Gasteiger partial charge in [0.1, 0.15) is 12.0 Å². The highest BCUT2D eigenvalue weighted by atomic mass is 35.5. The summed E-state index contributed by atoms with van der Waals surface area (Å²) in [5.74, 6) is 0.696. The van der Waals surface area contributed by atoms with Crippen molar-refractivity contribution in [1.82, 2.24) is 9.97 Å². The van der Waals surface area contributed by atoms with E-state index in [1.165, 1.54) is 12.4 Å². The summed E-state index contributed by atoms with van der Waals surface area (Å²) in [5.41, 5.74) is 5.58. The molecule has 3 rings (SSSR count). The third-order valence-electron chi connectivity index (χ3n) is 3.72. The van der Waals surface area contributed by atoms with Gasteiger partial charge in [-0.1, -0.05) is 11.6 Å². The van der Waals surface area contributed by atoms with Crippen LogP contribution in [0, 0.1) is 0 Å². The van der Waals surface area contributed by atoms with E-state index in [2.05, 4.69) is 15.3 Å². The number of nitrogen functional groups attached to an aromatic ring is 1. The molecule has 0 unspecified atom stereocenters. The standard InChI is InChI=1S/C15H15ClF3N5O/c16-10-2-1-9(15(17,18)19)7-11(10)23-13-12(20)14(22-8-21-13)24-3-5-25-6-4-24/h1-2,7-8H,3-6,20H2,(H,21,22,23). The molecule has 1 aliphatic heterocycles. The SMILES string of the molecule is Nc1c(Nc2cc(C(F)(F)F)ccc2Cl)ncnc1N1CCOCC1. The highest BCUT2D eigenvalue weighted by Gasteiger charge is 2.31. The third kappa shape index (κ3) is 3.88. The van der Waals surface area contributed by atoms with E-state index in [0.717, 1.165) is 12.1 Å². The maximum Gasteiger partial charge on any atom is 0.416 e. The Morgan fingerprint density at radius 2 is 1.92 bits per heavy atom. The first-order chi connectivity index (χ1) is 11.9. The van der Waals surface area contributed by atoms with Crippen LogP contribution in [-0.2, 0) is 10.9 Å². The summed E-state index contributed by atoms with van der Waals surface area (Å²) in [6, 6.07) is 3.00. The van der Waals surface area contributed by atoms with Crippen molar-refractivity contribution in [3.05, 3.63) is 35.1 Å². The summed E-state index contributed by atoms with van der Waals surface area (Å²) in [7, 11) is 0. The maximum atomic E-state index is 12.9. The fraction of sp³-hybridized carbons (Fsp3) is 0.333. The van der Waals surface area contributed by atoms with Crippen molar-refractivity contribution in [2.45, 2.75) is 6.18 Å². The summed E-state index contributed by atoms with van der Waals surface area (Å²) in [6.07, 6.45) is -3.18. The molecule has 0 amide bonds. The monoisotopic (exact) mass is 373 g/mol. The number of rotatable bonds is 3. The topological polar surface area (TPSA) is 76.3 Å². The van der Waals surface area contributed by atoms with Gasteiger partial charge < -0.3 is 20.7 Å². The van der Waals surface area contributed by atoms with Gasteiger partial charge in [-0.25, -0.2) is 9.97 Å². The van der Waals surface area contributed by atoms with Crippen LogP contribution in [0.4, 0.5) is 36.2 Å². The molecule has 1 fully saturated rings. The van der Waals surface area contributed by atoms with Crippen molar-refractivity contribution < 1.29 is 17.9 Å². The van der Waals surface area contributed by atoms with E-state index >= 15 is 0 Å². The van der Waals surface area contributed by atoms with Gasteiger partial charge in [0.2, 0.25) is 0 Å². The Hall–Kier alpha value is -2.26. The molecule has 0 atom stereocenters. The Morgan fingerprint density at radius 1 is 1.20 bits per heavy atom. The second-order valence-electron chi connectivity index (χ2n) is 5.38. The average molecular weight is 374 g/mol. The first-order valence-corrected chi connectivity index (χ1v) is 7.81. The molecule has 6 nitrogen and oxygen atoms in total. The fourth-order valence-electron chi connectivity index (χ4n) is 2.44. The van der Waals surface area contributed by atoms with Crippen molar-refractivity contribution in [2.24, 2.45) is 0 Å². The number of alkyl halides is 3. The van der Waals surface area contributed by atoms with Crippen LogP contribution in [0.25, 0.3) is 0 Å². The summed E-state index contributed by atoms with van der Waals surface area (Å²) < 4.78 is 43.9. The quantitative estimate of drug-likeness (QED) is 0.859. The largest absolute Gasteiger partial charge is 0.416 e. The van der Waals surface area contributed by atoms with Crippen LogP contribution < -0.4 is 16.0 Å². The van der Waals surface area contributed by atoms with E-state index in [9.17, 15) is 13.2 Å². The Bertz CT molecular complexity index is 765. The number of benzene rings is 1. The Balaban J connectivity index is 1.91. The van der Waals surface area contributed by atoms with E-state index < -0.39 is 11.7 Å². The number of ether oxygens (including phenoxy) is 1. The molecular weight excluding hydrogens is 359 g/mol. The number of nitrogens with zero attached hydrogens (tertiary/aromatic N) is 3. The van der Waals surface area contributed by atoms with Gasteiger partial charge in [-0.15, -0.1) is 0 Å². The van der Waals surface area contributed by atoms with Crippen molar-refractivity contribution in [3.63, 3.8) is 0 Å². The molecular formula is C15H15ClF3N5O. The molecule has 10 heteroatoms. The van der Waals surface area contributed by atoms with Gasteiger partial charge in [-0.05, 0) is 18.2 Å². The van der Waals surface area contributed by atoms with Crippen LogP contribution in [0.2, 0.25) is 5.02 Å². The number of anilines is 4. The van der Waals surface area contributed by atoms with Crippen molar-refractivity contribution in [2.75, 3.05) is 42.3 Å². The number of hydrogen-bond donors (Lipinski definition) is 2. The number of hydrogen-bond acceptors (Lipinski definition) is 6. The molecule has 2 heterocycles. The lowest BCUT2D eigenvalue weighted by Crippen LogP contribution is -2.37. The molecule has 0 spiro atoms. The number of halogens is 4. The van der Waals surface area contributed by atoms with Crippen LogP contribution in [0.15, 0.2) is 24.5 Å². The lowest BCUT2D eigenvalue weighted by atomic mass is 10.2. The average Bonchev–Trinajstić information content (AvgIpc) is 2.58. The molecule has 0 aliphatic carbocycles. The summed E-state index contributed by atoms with van der Waals surface area (Å²) in [5, 5.41) is 2.89. The molecule has 25 heavy (non-hydrogen) atoms. The first-order valence-electron chi connectivity index (χ1n) is 7.43. The zero-order chi connectivity index (χ0) is 18.0. The Labute approximate surface area is 146 Å². The minimum Gasteiger partial charge on any atom is -0.393 e. The van der Waals surface area contributed by atoms with Gasteiger partial charge in [0, 0.05) is 13.1 Å². The maximum absolute atomic E-state index is 12.9. The van der Waals surface area contributed by atoms with Crippen LogP contribution in [0.5, 0.6) is 0 Å². The predicted molar refractivity (Wildman–Crippen MR) is 89.2 cm³/mol. The van der Waals surface area contributed by atoms with Crippen molar-refractivity contribution >= 4 is 34.6 Å². The van der Waals surface area contributed by atoms with Gasteiger partial charge in [0.05, 0.1) is 29.5 Å². The lowest BCUT2D eigenvalue weighted by molar-refractivity contribution is -0.137. The first kappa shape index (κ1) is 17.6. The van der Waals surface area contributed by atoms with Gasteiger partial charge >= 0.3 is 6.18 Å². The molecule has 1 aromatic heterocycles. The molecule has 0 bridgehead atoms. The van der Waals surface area contributed by atoms with Crippen LogP contribution in [0.3, 0.4) is 0 Å². The molecule has 0 saturated carbocycles. The minimum atomic E-state index is -4.48. The number of nitrogens with two attached hydrogens (primary N) is 1. The number of morpholine rings is 1. The van der Waals surface area contributed by atoms with E-state index in [4.69, 9.17) is 22.1 Å². The van der Waals surface area contributed by atoms with Gasteiger partial charge in [0.25, 0.3) is 0 Å². The van der Waals surface area contributed by atoms with Crippen LogP contribution in [0.1, 0.15) is 5.56 Å². The molecule has 134 valence electrons. The zero-order valence-corrected chi connectivity index (χ0v) is 13.7. The predicted octanol–water partition coefficient (Wildman–Crippen LogP) is 3.31. The molecule has 1 aliphatic rings. The van der Waals surface area contributed by atoms with Crippen molar-refractivity contribution in [1.29, 1.82) is 0 Å². The minimum absolute atomic E-state index is 0.0646. The molecule has 3 N–H and O–H groups in total. The van der Waals surface area contributed by atoms with Crippen molar-refractivity contribution in [3.8, 4) is 0 Å². The summed E-state index contributed by atoms with van der Waals surface area (Å²) in [6.45, 7) is 2.33. The van der Waals surface area contributed by atoms with Gasteiger partial charge in [0.15, 0.2) is 11.6 Å². The Morgan fingerprint density at radius 3 is 2.60 bits per heavy atom. The molecule has 0 radical (unpaired) electrons. The number of nitrogens with one attached hydrogen (secondary N) is 1. The summed E-state index contributed by atoms with van der Waals surface area (Å²) in [4.78, 5) is 10.1. The molecule has 1 aromatic carbocycles. The smallest absolute Gasteiger partial charge is 0.393 e.